The average Bonchev–Trinajstić information content (AvgIpc) is 2.25. The van der Waals surface area contributed by atoms with Gasteiger partial charge in [0.1, 0.15) is 0 Å². The fraction of sp³-hybridized carbons (Fsp3) is 0.385. The fourth-order valence-electron chi connectivity index (χ4n) is 1.45. The van der Waals surface area contributed by atoms with E-state index in [2.05, 4.69) is 43.1 Å². The molecule has 14 heavy (non-hydrogen) atoms. The second kappa shape index (κ2) is 6.39. The molecule has 0 spiro atoms. The first kappa shape index (κ1) is 11.0. The van der Waals surface area contributed by atoms with Crippen LogP contribution in [-0.4, -0.2) is 6.04 Å². The smallest absolute Gasteiger partial charge is 0.0208 e. The highest BCUT2D eigenvalue weighted by molar-refractivity contribution is 5.14. The van der Waals surface area contributed by atoms with E-state index in [0.717, 1.165) is 19.4 Å². The van der Waals surface area contributed by atoms with Crippen LogP contribution in [0.15, 0.2) is 43.0 Å². The Labute approximate surface area is 86.8 Å². The van der Waals surface area contributed by atoms with Crippen LogP contribution in [0.5, 0.6) is 0 Å². The molecule has 0 aliphatic heterocycles. The molecule has 0 bridgehead atoms. The SMILES string of the molecule is C=CCC(CC)NCc1ccccc1. The molecule has 1 rings (SSSR count). The van der Waals surface area contributed by atoms with Crippen LogP contribution < -0.4 is 5.32 Å². The van der Waals surface area contributed by atoms with E-state index in [9.17, 15) is 0 Å². The molecular weight excluding hydrogens is 170 g/mol. The lowest BCUT2D eigenvalue weighted by Crippen LogP contribution is -2.27. The number of hydrogen-bond donors (Lipinski definition) is 1. The van der Waals surface area contributed by atoms with E-state index in [1.54, 1.807) is 0 Å². The van der Waals surface area contributed by atoms with E-state index >= 15 is 0 Å². The molecular formula is C13H19N. The minimum atomic E-state index is 0.563. The lowest BCUT2D eigenvalue weighted by molar-refractivity contribution is 0.501. The van der Waals surface area contributed by atoms with Crippen molar-refractivity contribution in [2.24, 2.45) is 0 Å². The van der Waals surface area contributed by atoms with Gasteiger partial charge < -0.3 is 5.32 Å². The maximum Gasteiger partial charge on any atom is 0.0208 e. The topological polar surface area (TPSA) is 12.0 Å². The van der Waals surface area contributed by atoms with Crippen LogP contribution >= 0.6 is 0 Å². The van der Waals surface area contributed by atoms with Gasteiger partial charge in [-0.25, -0.2) is 0 Å². The summed E-state index contributed by atoms with van der Waals surface area (Å²) in [4.78, 5) is 0. The van der Waals surface area contributed by atoms with Crippen molar-refractivity contribution in [2.75, 3.05) is 0 Å². The normalized spacial score (nSPS) is 12.4. The average molecular weight is 189 g/mol. The van der Waals surface area contributed by atoms with Crippen molar-refractivity contribution in [1.29, 1.82) is 0 Å². The van der Waals surface area contributed by atoms with E-state index in [1.807, 2.05) is 12.1 Å². The van der Waals surface area contributed by atoms with Gasteiger partial charge in [-0.1, -0.05) is 43.3 Å². The minimum Gasteiger partial charge on any atom is -0.310 e. The summed E-state index contributed by atoms with van der Waals surface area (Å²) in [6.45, 7) is 6.92. The van der Waals surface area contributed by atoms with Gasteiger partial charge in [-0.05, 0) is 18.4 Å². The summed E-state index contributed by atoms with van der Waals surface area (Å²) in [5, 5.41) is 3.52. The molecule has 1 aromatic carbocycles. The number of hydrogen-bond acceptors (Lipinski definition) is 1. The molecule has 1 nitrogen and oxygen atoms in total. The Balaban J connectivity index is 2.35. The van der Waals surface area contributed by atoms with Gasteiger partial charge in [0.25, 0.3) is 0 Å². The molecule has 0 saturated carbocycles. The van der Waals surface area contributed by atoms with Crippen molar-refractivity contribution < 1.29 is 0 Å². The fourth-order valence-corrected chi connectivity index (χ4v) is 1.45. The first-order chi connectivity index (χ1) is 6.86. The molecule has 1 heteroatoms. The third-order valence-electron chi connectivity index (χ3n) is 2.38. The van der Waals surface area contributed by atoms with Crippen molar-refractivity contribution in [2.45, 2.75) is 32.4 Å². The summed E-state index contributed by atoms with van der Waals surface area (Å²) < 4.78 is 0. The van der Waals surface area contributed by atoms with Gasteiger partial charge in [0, 0.05) is 12.6 Å². The zero-order valence-electron chi connectivity index (χ0n) is 8.87. The second-order valence-electron chi connectivity index (χ2n) is 3.50. The van der Waals surface area contributed by atoms with Gasteiger partial charge in [0.2, 0.25) is 0 Å². The molecule has 1 atom stereocenters. The number of benzene rings is 1. The Morgan fingerprint density at radius 1 is 1.36 bits per heavy atom. The Kier molecular flexibility index (Phi) is 5.02. The second-order valence-corrected chi connectivity index (χ2v) is 3.50. The Hall–Kier alpha value is -1.08. The molecule has 0 fully saturated rings. The zero-order valence-corrected chi connectivity index (χ0v) is 8.87. The number of nitrogens with one attached hydrogen (secondary N) is 1. The standard InChI is InChI=1S/C13H19N/c1-3-8-13(4-2)14-11-12-9-6-5-7-10-12/h3,5-7,9-10,13-14H,1,4,8,11H2,2H3. The van der Waals surface area contributed by atoms with Crippen LogP contribution in [-0.2, 0) is 6.54 Å². The van der Waals surface area contributed by atoms with Gasteiger partial charge >= 0.3 is 0 Å². The van der Waals surface area contributed by atoms with Crippen molar-refractivity contribution in [3.63, 3.8) is 0 Å². The molecule has 0 amide bonds. The molecule has 1 aromatic rings. The predicted octanol–water partition coefficient (Wildman–Crippen LogP) is 3.13. The van der Waals surface area contributed by atoms with Crippen LogP contribution in [0, 0.1) is 0 Å². The van der Waals surface area contributed by atoms with Crippen LogP contribution in [0.4, 0.5) is 0 Å². The van der Waals surface area contributed by atoms with Gasteiger partial charge in [0.15, 0.2) is 0 Å². The summed E-state index contributed by atoms with van der Waals surface area (Å²) in [7, 11) is 0. The number of rotatable bonds is 6. The summed E-state index contributed by atoms with van der Waals surface area (Å²) in [5.41, 5.74) is 1.34. The maximum absolute atomic E-state index is 3.76. The summed E-state index contributed by atoms with van der Waals surface area (Å²) >= 11 is 0. The monoisotopic (exact) mass is 189 g/mol. The molecule has 0 aromatic heterocycles. The van der Waals surface area contributed by atoms with Crippen molar-refractivity contribution in [3.8, 4) is 0 Å². The molecule has 0 aliphatic rings. The third-order valence-corrected chi connectivity index (χ3v) is 2.38. The molecule has 1 N–H and O–H groups in total. The Bertz CT molecular complexity index is 253. The van der Waals surface area contributed by atoms with Crippen LogP contribution in [0.1, 0.15) is 25.3 Å². The van der Waals surface area contributed by atoms with E-state index in [-0.39, 0.29) is 0 Å². The van der Waals surface area contributed by atoms with Crippen molar-refractivity contribution in [1.82, 2.24) is 5.32 Å². The lowest BCUT2D eigenvalue weighted by Gasteiger charge is -2.14. The molecule has 0 radical (unpaired) electrons. The van der Waals surface area contributed by atoms with Gasteiger partial charge in [-0.3, -0.25) is 0 Å². The Morgan fingerprint density at radius 3 is 2.64 bits per heavy atom. The highest BCUT2D eigenvalue weighted by atomic mass is 14.9. The highest BCUT2D eigenvalue weighted by Crippen LogP contribution is 2.02. The first-order valence-corrected chi connectivity index (χ1v) is 5.25. The van der Waals surface area contributed by atoms with Crippen molar-refractivity contribution >= 4 is 0 Å². The molecule has 0 heterocycles. The highest BCUT2D eigenvalue weighted by Gasteiger charge is 2.01. The van der Waals surface area contributed by atoms with E-state index in [1.165, 1.54) is 5.56 Å². The Morgan fingerprint density at radius 2 is 2.07 bits per heavy atom. The largest absolute Gasteiger partial charge is 0.310 e. The lowest BCUT2D eigenvalue weighted by atomic mass is 10.1. The van der Waals surface area contributed by atoms with Gasteiger partial charge in [0.05, 0.1) is 0 Å². The zero-order chi connectivity index (χ0) is 10.2. The van der Waals surface area contributed by atoms with E-state index < -0.39 is 0 Å². The molecule has 76 valence electrons. The quantitative estimate of drug-likeness (QED) is 0.678. The summed E-state index contributed by atoms with van der Waals surface area (Å²) in [6, 6.07) is 11.1. The van der Waals surface area contributed by atoms with E-state index in [0.29, 0.717) is 6.04 Å². The molecule has 1 unspecified atom stereocenters. The van der Waals surface area contributed by atoms with Gasteiger partial charge in [-0.2, -0.15) is 0 Å². The minimum absolute atomic E-state index is 0.563. The maximum atomic E-state index is 3.76. The third kappa shape index (κ3) is 3.75. The van der Waals surface area contributed by atoms with E-state index in [4.69, 9.17) is 0 Å². The van der Waals surface area contributed by atoms with Gasteiger partial charge in [-0.15, -0.1) is 6.58 Å². The van der Waals surface area contributed by atoms with Crippen molar-refractivity contribution in [3.05, 3.63) is 48.6 Å². The van der Waals surface area contributed by atoms with Crippen LogP contribution in [0.25, 0.3) is 0 Å². The van der Waals surface area contributed by atoms with Crippen LogP contribution in [0.2, 0.25) is 0 Å². The predicted molar refractivity (Wildman–Crippen MR) is 62.2 cm³/mol. The first-order valence-electron chi connectivity index (χ1n) is 5.25. The molecule has 0 saturated heterocycles. The summed E-state index contributed by atoms with van der Waals surface area (Å²) in [6.07, 6.45) is 4.17. The summed E-state index contributed by atoms with van der Waals surface area (Å²) in [5.74, 6) is 0. The molecule has 0 aliphatic carbocycles. The van der Waals surface area contributed by atoms with Crippen LogP contribution in [0.3, 0.4) is 0 Å².